The van der Waals surface area contributed by atoms with Crippen molar-refractivity contribution in [1.29, 1.82) is 0 Å². The predicted molar refractivity (Wildman–Crippen MR) is 90.1 cm³/mol. The molecule has 0 amide bonds. The second-order valence-electron chi connectivity index (χ2n) is 4.70. The number of anilines is 1. The quantitative estimate of drug-likeness (QED) is 0.691. The third kappa shape index (κ3) is 4.20. The van der Waals surface area contributed by atoms with Crippen molar-refractivity contribution in [3.8, 4) is 0 Å². The first-order chi connectivity index (χ1) is 10.7. The summed E-state index contributed by atoms with van der Waals surface area (Å²) in [6.07, 6.45) is 0. The van der Waals surface area contributed by atoms with Crippen LogP contribution in [0.25, 0.3) is 0 Å². The average molecular weight is 319 g/mol. The topological polar surface area (TPSA) is 47.6 Å². The zero-order chi connectivity index (χ0) is 15.8. The van der Waals surface area contributed by atoms with Crippen molar-refractivity contribution >= 4 is 13.3 Å². The van der Waals surface area contributed by atoms with E-state index in [0.717, 1.165) is 11.3 Å². The summed E-state index contributed by atoms with van der Waals surface area (Å²) >= 11 is 0. The van der Waals surface area contributed by atoms with Gasteiger partial charge in [0.15, 0.2) is 5.78 Å². The van der Waals surface area contributed by atoms with Gasteiger partial charge in [-0.15, -0.1) is 0 Å². The monoisotopic (exact) mass is 319 g/mol. The Balaban J connectivity index is 2.38. The lowest BCUT2D eigenvalue weighted by atomic mass is 10.2. The van der Waals surface area contributed by atoms with E-state index in [2.05, 4.69) is 5.32 Å². The summed E-state index contributed by atoms with van der Waals surface area (Å²) in [7, 11) is -3.33. The fraction of sp³-hybridized carbons (Fsp3) is 0.294. The second-order valence-corrected chi connectivity index (χ2v) is 6.81. The van der Waals surface area contributed by atoms with Crippen LogP contribution < -0.4 is 5.32 Å². The summed E-state index contributed by atoms with van der Waals surface area (Å²) in [6, 6.07) is 19.2. The van der Waals surface area contributed by atoms with Crippen LogP contribution >= 0.6 is 7.60 Å². The average Bonchev–Trinajstić information content (AvgIpc) is 2.55. The van der Waals surface area contributed by atoms with E-state index >= 15 is 0 Å². The molecule has 0 aliphatic carbocycles. The maximum atomic E-state index is 13.2. The summed E-state index contributed by atoms with van der Waals surface area (Å²) < 4.78 is 24.3. The largest absolute Gasteiger partial charge is 0.368 e. The molecule has 5 heteroatoms. The van der Waals surface area contributed by atoms with E-state index in [1.807, 2.05) is 74.5 Å². The predicted octanol–water partition coefficient (Wildman–Crippen LogP) is 5.06. The van der Waals surface area contributed by atoms with Gasteiger partial charge in [-0.25, -0.2) is 0 Å². The minimum atomic E-state index is -3.33. The Labute approximate surface area is 132 Å². The van der Waals surface area contributed by atoms with E-state index in [0.29, 0.717) is 13.2 Å². The van der Waals surface area contributed by atoms with Crippen LogP contribution in [0.15, 0.2) is 60.7 Å². The number of rotatable bonds is 8. The summed E-state index contributed by atoms with van der Waals surface area (Å²) in [4.78, 5) is 0. The lowest BCUT2D eigenvalue weighted by molar-refractivity contribution is 0.214. The highest BCUT2D eigenvalue weighted by molar-refractivity contribution is 7.54. The highest BCUT2D eigenvalue weighted by Gasteiger charge is 2.36. The van der Waals surface area contributed by atoms with E-state index in [1.165, 1.54) is 0 Å². The summed E-state index contributed by atoms with van der Waals surface area (Å²) in [5.74, 6) is -0.545. The SMILES string of the molecule is CCOP(=O)(OCC)[C@H](Nc1ccccc1)c1ccccc1. The normalized spacial score (nSPS) is 12.8. The van der Waals surface area contributed by atoms with Gasteiger partial charge in [0.25, 0.3) is 0 Å². The van der Waals surface area contributed by atoms with Crippen LogP contribution in [0.4, 0.5) is 5.69 Å². The van der Waals surface area contributed by atoms with Crippen LogP contribution in [-0.4, -0.2) is 13.2 Å². The van der Waals surface area contributed by atoms with Crippen molar-refractivity contribution in [2.75, 3.05) is 18.5 Å². The Kier molecular flexibility index (Phi) is 6.20. The highest BCUT2D eigenvalue weighted by atomic mass is 31.2. The fourth-order valence-electron chi connectivity index (χ4n) is 2.22. The number of nitrogens with one attached hydrogen (secondary N) is 1. The number of para-hydroxylation sites is 1. The Morgan fingerprint density at radius 1 is 0.909 bits per heavy atom. The molecule has 0 saturated carbocycles. The van der Waals surface area contributed by atoms with Crippen molar-refractivity contribution in [2.24, 2.45) is 0 Å². The van der Waals surface area contributed by atoms with E-state index < -0.39 is 13.4 Å². The van der Waals surface area contributed by atoms with Crippen molar-refractivity contribution < 1.29 is 13.6 Å². The van der Waals surface area contributed by atoms with Gasteiger partial charge in [0, 0.05) is 5.69 Å². The minimum Gasteiger partial charge on any atom is -0.368 e. The fourth-order valence-corrected chi connectivity index (χ4v) is 4.16. The molecule has 0 fully saturated rings. The van der Waals surface area contributed by atoms with E-state index in [-0.39, 0.29) is 0 Å². The molecule has 0 radical (unpaired) electrons. The summed E-state index contributed by atoms with van der Waals surface area (Å²) in [6.45, 7) is 4.29. The molecule has 4 nitrogen and oxygen atoms in total. The van der Waals surface area contributed by atoms with Gasteiger partial charge in [0.1, 0.15) is 0 Å². The molecule has 118 valence electrons. The van der Waals surface area contributed by atoms with Gasteiger partial charge in [-0.1, -0.05) is 48.5 Å². The third-order valence-electron chi connectivity index (χ3n) is 3.13. The molecule has 0 saturated heterocycles. The van der Waals surface area contributed by atoms with Crippen molar-refractivity contribution in [3.05, 3.63) is 66.2 Å². The molecule has 2 aromatic carbocycles. The Hall–Kier alpha value is -1.61. The summed E-state index contributed by atoms with van der Waals surface area (Å²) in [5.41, 5.74) is 1.74. The Bertz CT molecular complexity index is 594. The molecular weight excluding hydrogens is 297 g/mol. The number of hydrogen-bond acceptors (Lipinski definition) is 4. The first-order valence-electron chi connectivity index (χ1n) is 7.45. The van der Waals surface area contributed by atoms with E-state index in [4.69, 9.17) is 9.05 Å². The molecule has 0 unspecified atom stereocenters. The molecule has 0 heterocycles. The second kappa shape index (κ2) is 8.14. The van der Waals surface area contributed by atoms with Crippen LogP contribution in [0.3, 0.4) is 0 Å². The maximum Gasteiger partial charge on any atom is 0.357 e. The first-order valence-corrected chi connectivity index (χ1v) is 9.06. The van der Waals surface area contributed by atoms with Gasteiger partial charge >= 0.3 is 7.60 Å². The molecular formula is C17H22NO3P. The molecule has 0 spiro atoms. The van der Waals surface area contributed by atoms with Gasteiger partial charge in [0.2, 0.25) is 0 Å². The summed E-state index contributed by atoms with van der Waals surface area (Å²) in [5, 5.41) is 3.29. The maximum absolute atomic E-state index is 13.2. The minimum absolute atomic E-state index is 0.330. The molecule has 2 rings (SSSR count). The third-order valence-corrected chi connectivity index (χ3v) is 5.42. The van der Waals surface area contributed by atoms with Gasteiger partial charge in [0.05, 0.1) is 13.2 Å². The molecule has 0 aliphatic rings. The van der Waals surface area contributed by atoms with Crippen LogP contribution in [0.5, 0.6) is 0 Å². The van der Waals surface area contributed by atoms with Gasteiger partial charge < -0.3 is 14.4 Å². The van der Waals surface area contributed by atoms with Crippen molar-refractivity contribution in [1.82, 2.24) is 0 Å². The number of benzene rings is 2. The van der Waals surface area contributed by atoms with Gasteiger partial charge in [-0.2, -0.15) is 0 Å². The van der Waals surface area contributed by atoms with Crippen LogP contribution in [-0.2, 0) is 13.6 Å². The van der Waals surface area contributed by atoms with Crippen LogP contribution in [0, 0.1) is 0 Å². The Morgan fingerprint density at radius 2 is 1.41 bits per heavy atom. The lowest BCUT2D eigenvalue weighted by Gasteiger charge is -2.28. The number of hydrogen-bond donors (Lipinski definition) is 1. The molecule has 0 bridgehead atoms. The molecule has 0 aromatic heterocycles. The van der Waals surface area contributed by atoms with Crippen LogP contribution in [0.1, 0.15) is 25.2 Å². The van der Waals surface area contributed by atoms with Crippen LogP contribution in [0.2, 0.25) is 0 Å². The van der Waals surface area contributed by atoms with Crippen molar-refractivity contribution in [3.63, 3.8) is 0 Å². The van der Waals surface area contributed by atoms with Crippen molar-refractivity contribution in [2.45, 2.75) is 19.6 Å². The van der Waals surface area contributed by atoms with E-state index in [9.17, 15) is 4.57 Å². The smallest absolute Gasteiger partial charge is 0.357 e. The standard InChI is InChI=1S/C17H22NO3P/c1-3-20-22(19,21-4-2)17(15-11-7-5-8-12-15)18-16-13-9-6-10-14-16/h5-14,17-18H,3-4H2,1-2H3/t17-/m0/s1. The zero-order valence-corrected chi connectivity index (χ0v) is 13.8. The van der Waals surface area contributed by atoms with Gasteiger partial charge in [-0.05, 0) is 31.5 Å². The first kappa shape index (κ1) is 16.8. The molecule has 1 N–H and O–H groups in total. The zero-order valence-electron chi connectivity index (χ0n) is 12.9. The lowest BCUT2D eigenvalue weighted by Crippen LogP contribution is -2.15. The molecule has 22 heavy (non-hydrogen) atoms. The molecule has 2 aromatic rings. The van der Waals surface area contributed by atoms with E-state index in [1.54, 1.807) is 0 Å². The highest BCUT2D eigenvalue weighted by Crippen LogP contribution is 2.60. The molecule has 0 aliphatic heterocycles. The Morgan fingerprint density at radius 3 is 1.91 bits per heavy atom. The molecule has 1 atom stereocenters. The van der Waals surface area contributed by atoms with Gasteiger partial charge in [-0.3, -0.25) is 4.57 Å².